The van der Waals surface area contributed by atoms with Crippen LogP contribution in [-0.4, -0.2) is 10.3 Å². The molecule has 2 heteroatoms. The van der Waals surface area contributed by atoms with Gasteiger partial charge >= 0.3 is 0 Å². The molecule has 2 nitrogen and oxygen atoms in total. The zero-order valence-electron chi connectivity index (χ0n) is 12.3. The Morgan fingerprint density at radius 2 is 1.43 bits per heavy atom. The number of hydrogen-bond donors (Lipinski definition) is 1. The van der Waals surface area contributed by atoms with Crippen LogP contribution in [0.2, 0.25) is 0 Å². The average Bonchev–Trinajstić information content (AvgIpc) is 2.54. The smallest absolute Gasteiger partial charge is 0.106 e. The van der Waals surface area contributed by atoms with Crippen LogP contribution in [0.3, 0.4) is 0 Å². The third kappa shape index (κ3) is 2.50. The van der Waals surface area contributed by atoms with Gasteiger partial charge in [-0.1, -0.05) is 66.7 Å². The molecule has 0 radical (unpaired) electrons. The van der Waals surface area contributed by atoms with E-state index in [1.807, 2.05) is 50.2 Å². The number of nitrogens with zero attached hydrogens (tertiary/aromatic N) is 1. The van der Waals surface area contributed by atoms with Crippen molar-refractivity contribution in [2.75, 3.05) is 0 Å². The van der Waals surface area contributed by atoms with Crippen LogP contribution in [0.4, 0.5) is 0 Å². The van der Waals surface area contributed by atoms with E-state index in [0.717, 1.165) is 28.0 Å². The molecule has 1 N–H and O–H groups in total. The fraction of sp³-hybridized carbons (Fsp3) is 0.158. The second-order valence-electron chi connectivity index (χ2n) is 5.39. The Morgan fingerprint density at radius 1 is 0.857 bits per heavy atom. The molecule has 3 rings (SSSR count). The molecule has 0 spiro atoms. The molecule has 1 heterocycles. The van der Waals surface area contributed by atoms with E-state index >= 15 is 0 Å². The van der Waals surface area contributed by atoms with Crippen LogP contribution in [0.15, 0.2) is 78.0 Å². The Morgan fingerprint density at radius 3 is 2.05 bits per heavy atom. The second kappa shape index (κ2) is 5.58. The van der Waals surface area contributed by atoms with Crippen molar-refractivity contribution in [1.29, 1.82) is 0 Å². The van der Waals surface area contributed by atoms with Gasteiger partial charge in [0.1, 0.15) is 6.04 Å². The van der Waals surface area contributed by atoms with E-state index in [1.165, 1.54) is 5.06 Å². The third-order valence-electron chi connectivity index (χ3n) is 4.05. The first-order valence-corrected chi connectivity index (χ1v) is 7.16. The largest absolute Gasteiger partial charge is 0.288 e. The lowest BCUT2D eigenvalue weighted by Crippen LogP contribution is -2.28. The first-order chi connectivity index (χ1) is 10.2. The molecule has 0 aromatic heterocycles. The number of hydroxylamine groups is 2. The van der Waals surface area contributed by atoms with Gasteiger partial charge in [-0.25, -0.2) is 5.06 Å². The van der Waals surface area contributed by atoms with Crippen LogP contribution >= 0.6 is 0 Å². The van der Waals surface area contributed by atoms with E-state index in [0.29, 0.717) is 0 Å². The zero-order valence-corrected chi connectivity index (χ0v) is 12.3. The summed E-state index contributed by atoms with van der Waals surface area (Å²) in [6.07, 6.45) is 2.18. The summed E-state index contributed by atoms with van der Waals surface area (Å²) in [4.78, 5) is 0. The first kappa shape index (κ1) is 13.7. The maximum absolute atomic E-state index is 10.6. The molecule has 21 heavy (non-hydrogen) atoms. The van der Waals surface area contributed by atoms with Gasteiger partial charge in [0.25, 0.3) is 0 Å². The molecule has 1 aliphatic heterocycles. The summed E-state index contributed by atoms with van der Waals surface area (Å²) in [6.45, 7) is 3.98. The lowest BCUT2D eigenvalue weighted by atomic mass is 9.88. The molecule has 1 atom stereocenters. The van der Waals surface area contributed by atoms with Crippen molar-refractivity contribution in [2.24, 2.45) is 0 Å². The van der Waals surface area contributed by atoms with Crippen molar-refractivity contribution in [2.45, 2.75) is 19.9 Å². The maximum Gasteiger partial charge on any atom is 0.106 e. The Hall–Kier alpha value is -2.32. The highest BCUT2D eigenvalue weighted by Crippen LogP contribution is 2.40. The summed E-state index contributed by atoms with van der Waals surface area (Å²) in [5.41, 5.74) is 5.32. The van der Waals surface area contributed by atoms with Crippen molar-refractivity contribution >= 4 is 5.57 Å². The Bertz CT molecular complexity index is 686. The van der Waals surface area contributed by atoms with Crippen molar-refractivity contribution in [1.82, 2.24) is 5.06 Å². The van der Waals surface area contributed by atoms with E-state index in [4.69, 9.17) is 0 Å². The Labute approximate surface area is 125 Å². The maximum atomic E-state index is 10.6. The van der Waals surface area contributed by atoms with E-state index in [2.05, 4.69) is 30.3 Å². The summed E-state index contributed by atoms with van der Waals surface area (Å²) in [7, 11) is 0. The zero-order chi connectivity index (χ0) is 14.8. The van der Waals surface area contributed by atoms with Gasteiger partial charge in [-0.2, -0.15) is 0 Å². The average molecular weight is 277 g/mol. The minimum absolute atomic E-state index is 0.169. The van der Waals surface area contributed by atoms with Crippen molar-refractivity contribution in [3.63, 3.8) is 0 Å². The number of hydrogen-bond acceptors (Lipinski definition) is 2. The third-order valence-corrected chi connectivity index (χ3v) is 4.05. The van der Waals surface area contributed by atoms with Crippen molar-refractivity contribution in [3.8, 4) is 0 Å². The van der Waals surface area contributed by atoms with Crippen LogP contribution < -0.4 is 0 Å². The highest BCUT2D eigenvalue weighted by Gasteiger charge is 2.28. The lowest BCUT2D eigenvalue weighted by Gasteiger charge is -2.35. The van der Waals surface area contributed by atoms with Crippen LogP contribution in [0, 0.1) is 0 Å². The lowest BCUT2D eigenvalue weighted by molar-refractivity contribution is -0.0788. The quantitative estimate of drug-likeness (QED) is 0.851. The molecule has 0 saturated carbocycles. The molecule has 1 aliphatic rings. The van der Waals surface area contributed by atoms with Gasteiger partial charge in [-0.3, -0.25) is 5.21 Å². The summed E-state index contributed by atoms with van der Waals surface area (Å²) in [5, 5.41) is 12.0. The molecule has 0 saturated heterocycles. The summed E-state index contributed by atoms with van der Waals surface area (Å²) < 4.78 is 0. The monoisotopic (exact) mass is 277 g/mol. The molecule has 106 valence electrons. The first-order valence-electron chi connectivity index (χ1n) is 7.16. The minimum atomic E-state index is -0.169. The SMILES string of the molecule is CC1=C(C)N(O)C(c2ccccc2)C(c2ccccc2)=C1. The molecule has 2 aromatic carbocycles. The molecule has 0 fully saturated rings. The number of rotatable bonds is 2. The van der Waals surface area contributed by atoms with Gasteiger partial charge in [-0.15, -0.1) is 0 Å². The van der Waals surface area contributed by atoms with Gasteiger partial charge in [0, 0.05) is 5.70 Å². The van der Waals surface area contributed by atoms with Crippen LogP contribution in [0.25, 0.3) is 5.57 Å². The van der Waals surface area contributed by atoms with E-state index < -0.39 is 0 Å². The topological polar surface area (TPSA) is 23.5 Å². The molecule has 0 aliphatic carbocycles. The standard InChI is InChI=1S/C19H19NO/c1-14-13-18(16-9-5-3-6-10-16)19(20(21)15(14)2)17-11-7-4-8-12-17/h3-13,19,21H,1-2H3. The minimum Gasteiger partial charge on any atom is -0.288 e. The molecule has 0 bridgehead atoms. The van der Waals surface area contributed by atoms with E-state index in [9.17, 15) is 5.21 Å². The van der Waals surface area contributed by atoms with Gasteiger partial charge in [0.15, 0.2) is 0 Å². The van der Waals surface area contributed by atoms with E-state index in [1.54, 1.807) is 0 Å². The Kier molecular flexibility index (Phi) is 3.63. The number of benzene rings is 2. The van der Waals surface area contributed by atoms with Crippen LogP contribution in [0.1, 0.15) is 31.0 Å². The summed E-state index contributed by atoms with van der Waals surface area (Å²) >= 11 is 0. The number of allylic oxidation sites excluding steroid dienone is 3. The molecule has 2 aromatic rings. The predicted molar refractivity (Wildman–Crippen MR) is 85.6 cm³/mol. The van der Waals surface area contributed by atoms with Gasteiger partial charge in [0.2, 0.25) is 0 Å². The second-order valence-corrected chi connectivity index (χ2v) is 5.39. The molecule has 0 amide bonds. The molecule has 1 unspecified atom stereocenters. The van der Waals surface area contributed by atoms with Crippen molar-refractivity contribution < 1.29 is 5.21 Å². The van der Waals surface area contributed by atoms with Gasteiger partial charge < -0.3 is 0 Å². The van der Waals surface area contributed by atoms with Crippen LogP contribution in [0.5, 0.6) is 0 Å². The molecular formula is C19H19NO. The fourth-order valence-corrected chi connectivity index (χ4v) is 2.75. The summed E-state index contributed by atoms with van der Waals surface area (Å²) in [5.74, 6) is 0. The van der Waals surface area contributed by atoms with Crippen molar-refractivity contribution in [3.05, 3.63) is 89.1 Å². The fourth-order valence-electron chi connectivity index (χ4n) is 2.75. The summed E-state index contributed by atoms with van der Waals surface area (Å²) in [6, 6.07) is 20.2. The van der Waals surface area contributed by atoms with Gasteiger partial charge in [-0.05, 0) is 36.1 Å². The highest BCUT2D eigenvalue weighted by atomic mass is 16.5. The van der Waals surface area contributed by atoms with Gasteiger partial charge in [0.05, 0.1) is 0 Å². The van der Waals surface area contributed by atoms with Crippen LogP contribution in [-0.2, 0) is 0 Å². The molecular weight excluding hydrogens is 258 g/mol. The Balaban J connectivity index is 2.15. The highest BCUT2D eigenvalue weighted by molar-refractivity contribution is 5.75. The van der Waals surface area contributed by atoms with E-state index in [-0.39, 0.29) is 6.04 Å². The predicted octanol–water partition coefficient (Wildman–Crippen LogP) is 4.81. The normalized spacial score (nSPS) is 18.7.